The van der Waals surface area contributed by atoms with Gasteiger partial charge in [0.1, 0.15) is 13.7 Å². The van der Waals surface area contributed by atoms with Gasteiger partial charge in [-0.25, -0.2) is 18.1 Å². The van der Waals surface area contributed by atoms with Crippen LogP contribution in [-0.2, 0) is 23.1 Å². The first kappa shape index (κ1) is 26.6. The number of anilines is 1. The monoisotopic (exact) mass is 557 g/mol. The van der Waals surface area contributed by atoms with Gasteiger partial charge in [-0.05, 0) is 41.7 Å². The van der Waals surface area contributed by atoms with Crippen molar-refractivity contribution in [3.05, 3.63) is 107 Å². The summed E-state index contributed by atoms with van der Waals surface area (Å²) in [5.41, 5.74) is 5.58. The molecule has 196 valence electrons. The van der Waals surface area contributed by atoms with Crippen LogP contribution in [0, 0.1) is 0 Å². The summed E-state index contributed by atoms with van der Waals surface area (Å²) in [7, 11) is -1.74. The Hall–Kier alpha value is -3.99. The van der Waals surface area contributed by atoms with Crippen LogP contribution in [0.1, 0.15) is 28.4 Å². The number of rotatable bonds is 9. The molecule has 0 spiro atoms. The molecular formula is C28H25BClN5O3S. The van der Waals surface area contributed by atoms with E-state index in [-0.39, 0.29) is 17.2 Å². The van der Waals surface area contributed by atoms with E-state index in [4.69, 9.17) is 16.6 Å². The number of nitrogens with one attached hydrogen (secondary N) is 2. The van der Waals surface area contributed by atoms with Crippen LogP contribution in [0.2, 0.25) is 5.02 Å². The number of carbonyl (C=O) groups is 1. The minimum Gasteiger partial charge on any atom is -0.366 e. The van der Waals surface area contributed by atoms with E-state index in [2.05, 4.69) is 15.1 Å². The highest BCUT2D eigenvalue weighted by atomic mass is 35.5. The zero-order valence-corrected chi connectivity index (χ0v) is 22.9. The maximum Gasteiger partial charge on any atom is 0.240 e. The van der Waals surface area contributed by atoms with E-state index >= 15 is 0 Å². The third-order valence-corrected chi connectivity index (χ3v) is 8.08. The number of Topliss-reactive ketones (excluding diaryl/α,β-unsaturated/α-hetero) is 1. The summed E-state index contributed by atoms with van der Waals surface area (Å²) < 4.78 is 29.7. The zero-order chi connectivity index (χ0) is 27.6. The smallest absolute Gasteiger partial charge is 0.240 e. The molecule has 0 aliphatic heterocycles. The highest BCUT2D eigenvalue weighted by Gasteiger charge is 2.15. The van der Waals surface area contributed by atoms with Crippen LogP contribution < -0.4 is 15.5 Å². The number of benzene rings is 3. The molecule has 0 fully saturated rings. The number of hydrogen-bond donors (Lipinski definition) is 2. The molecule has 0 bridgehead atoms. The summed E-state index contributed by atoms with van der Waals surface area (Å²) in [6.45, 7) is 2.10. The number of sulfonamides is 1. The second kappa shape index (κ2) is 11.0. The number of ketones is 1. The molecule has 0 saturated heterocycles. The van der Waals surface area contributed by atoms with Crippen LogP contribution in [0.5, 0.6) is 0 Å². The second-order valence-electron chi connectivity index (χ2n) is 9.14. The largest absolute Gasteiger partial charge is 0.366 e. The number of fused-ring (bicyclic) bond motifs is 1. The van der Waals surface area contributed by atoms with E-state index in [0.717, 1.165) is 39.3 Å². The Labute approximate surface area is 232 Å². The standard InChI is InChI=1S/C28H25BClN5O3S/c1-18(36)21-10-12-22(13-11-21)39(37,38)33-16-20-8-6-19(7-9-20)15-31-27-14-26(23-4-2-3-5-25(23)30)34-28-24(29)17-32-35(27)28/h2-14,17,31,33H,15-16,29H2,1H3. The quantitative estimate of drug-likeness (QED) is 0.212. The predicted octanol–water partition coefficient (Wildman–Crippen LogP) is 3.60. The normalized spacial score (nSPS) is 11.5. The lowest BCUT2D eigenvalue weighted by molar-refractivity contribution is 0.101. The van der Waals surface area contributed by atoms with Crippen LogP contribution in [0.4, 0.5) is 5.82 Å². The lowest BCUT2D eigenvalue weighted by atomic mass is 10.0. The Bertz CT molecular complexity index is 1770. The minimum atomic E-state index is -3.70. The van der Waals surface area contributed by atoms with Gasteiger partial charge in [-0.1, -0.05) is 66.2 Å². The molecular weight excluding hydrogens is 533 g/mol. The van der Waals surface area contributed by atoms with E-state index < -0.39 is 10.0 Å². The first-order valence-corrected chi connectivity index (χ1v) is 14.1. The van der Waals surface area contributed by atoms with E-state index in [1.165, 1.54) is 31.2 Å². The molecule has 5 rings (SSSR count). The van der Waals surface area contributed by atoms with E-state index in [1.54, 1.807) is 10.7 Å². The Morgan fingerprint density at radius 3 is 2.31 bits per heavy atom. The van der Waals surface area contributed by atoms with Crippen LogP contribution >= 0.6 is 11.6 Å². The molecule has 3 aromatic carbocycles. The van der Waals surface area contributed by atoms with E-state index in [1.807, 2.05) is 62.4 Å². The van der Waals surface area contributed by atoms with Crippen molar-refractivity contribution in [3.8, 4) is 11.3 Å². The number of nitrogens with zero attached hydrogens (tertiary/aromatic N) is 3. The van der Waals surface area contributed by atoms with Crippen molar-refractivity contribution in [1.82, 2.24) is 19.3 Å². The Morgan fingerprint density at radius 1 is 0.974 bits per heavy atom. The van der Waals surface area contributed by atoms with Crippen molar-refractivity contribution in [2.24, 2.45) is 0 Å². The zero-order valence-electron chi connectivity index (χ0n) is 21.3. The lowest BCUT2D eigenvalue weighted by Crippen LogP contribution is -2.23. The molecule has 8 nitrogen and oxygen atoms in total. The molecule has 0 atom stereocenters. The first-order chi connectivity index (χ1) is 18.7. The third-order valence-electron chi connectivity index (χ3n) is 6.33. The molecule has 39 heavy (non-hydrogen) atoms. The molecule has 5 aromatic rings. The molecule has 2 heterocycles. The Balaban J connectivity index is 1.27. The summed E-state index contributed by atoms with van der Waals surface area (Å²) in [4.78, 5) is 16.3. The fourth-order valence-corrected chi connectivity index (χ4v) is 5.35. The number of aromatic nitrogens is 3. The fraction of sp³-hybridized carbons (Fsp3) is 0.107. The Kier molecular flexibility index (Phi) is 7.52. The maximum atomic E-state index is 12.6. The van der Waals surface area contributed by atoms with Crippen molar-refractivity contribution in [2.75, 3.05) is 5.32 Å². The molecule has 0 unspecified atom stereocenters. The van der Waals surface area contributed by atoms with Gasteiger partial charge in [-0.3, -0.25) is 4.79 Å². The predicted molar refractivity (Wildman–Crippen MR) is 156 cm³/mol. The van der Waals surface area contributed by atoms with E-state index in [9.17, 15) is 13.2 Å². The topological polar surface area (TPSA) is 105 Å². The number of carbonyl (C=O) groups excluding carboxylic acids is 1. The summed E-state index contributed by atoms with van der Waals surface area (Å²) in [6.07, 6.45) is 1.78. The van der Waals surface area contributed by atoms with Gasteiger partial charge in [0.15, 0.2) is 11.4 Å². The summed E-state index contributed by atoms with van der Waals surface area (Å²) in [5.74, 6) is 0.659. The van der Waals surface area contributed by atoms with Gasteiger partial charge in [0.25, 0.3) is 0 Å². The lowest BCUT2D eigenvalue weighted by Gasteiger charge is -2.12. The molecule has 0 amide bonds. The van der Waals surface area contributed by atoms with Gasteiger partial charge in [0, 0.05) is 41.5 Å². The molecule has 0 radical (unpaired) electrons. The summed E-state index contributed by atoms with van der Waals surface area (Å²) >= 11 is 6.43. The van der Waals surface area contributed by atoms with Crippen molar-refractivity contribution in [2.45, 2.75) is 24.9 Å². The number of halogens is 1. The number of hydrogen-bond acceptors (Lipinski definition) is 6. The fourth-order valence-electron chi connectivity index (χ4n) is 4.10. The Morgan fingerprint density at radius 2 is 1.64 bits per heavy atom. The second-order valence-corrected chi connectivity index (χ2v) is 11.3. The summed E-state index contributed by atoms with van der Waals surface area (Å²) in [6, 6.07) is 23.0. The average molecular weight is 558 g/mol. The van der Waals surface area contributed by atoms with Gasteiger partial charge in [0.2, 0.25) is 10.0 Å². The van der Waals surface area contributed by atoms with Gasteiger partial charge in [0.05, 0.1) is 10.6 Å². The van der Waals surface area contributed by atoms with Crippen molar-refractivity contribution >= 4 is 52.2 Å². The van der Waals surface area contributed by atoms with E-state index in [0.29, 0.717) is 17.1 Å². The van der Waals surface area contributed by atoms with Gasteiger partial charge < -0.3 is 5.32 Å². The summed E-state index contributed by atoms with van der Waals surface area (Å²) in [5, 5.41) is 8.52. The molecule has 0 saturated carbocycles. The van der Waals surface area contributed by atoms with Gasteiger partial charge in [-0.2, -0.15) is 9.61 Å². The maximum absolute atomic E-state index is 12.6. The average Bonchev–Trinajstić information content (AvgIpc) is 3.32. The van der Waals surface area contributed by atoms with Crippen LogP contribution in [-0.4, -0.2) is 36.6 Å². The van der Waals surface area contributed by atoms with Crippen molar-refractivity contribution in [1.29, 1.82) is 0 Å². The highest BCUT2D eigenvalue weighted by molar-refractivity contribution is 7.89. The van der Waals surface area contributed by atoms with Gasteiger partial charge >= 0.3 is 0 Å². The molecule has 2 aromatic heterocycles. The molecule has 11 heteroatoms. The highest BCUT2D eigenvalue weighted by Crippen LogP contribution is 2.28. The molecule has 0 aliphatic carbocycles. The van der Waals surface area contributed by atoms with Crippen LogP contribution in [0.25, 0.3) is 16.9 Å². The third kappa shape index (κ3) is 5.88. The first-order valence-electron chi connectivity index (χ1n) is 12.2. The van der Waals surface area contributed by atoms with Gasteiger partial charge in [-0.15, -0.1) is 0 Å². The van der Waals surface area contributed by atoms with Crippen molar-refractivity contribution in [3.63, 3.8) is 0 Å². The van der Waals surface area contributed by atoms with Crippen LogP contribution in [0.15, 0.2) is 90.0 Å². The molecule has 2 N–H and O–H groups in total. The van der Waals surface area contributed by atoms with Crippen molar-refractivity contribution < 1.29 is 13.2 Å². The molecule has 0 aliphatic rings. The van der Waals surface area contributed by atoms with Crippen LogP contribution in [0.3, 0.4) is 0 Å². The minimum absolute atomic E-state index is 0.113. The SMILES string of the molecule is Bc1cnn2c(NCc3ccc(CNS(=O)(=O)c4ccc(C(C)=O)cc4)cc3)cc(-c3ccccc3Cl)nc12.